The SMILES string of the molecule is CCCC[P+](CCCC)(CCCC)Cc1ccc([N+](=O)[O-])cc1.[Cl-]. The Kier molecular flexibility index (Phi) is 12.3. The van der Waals surface area contributed by atoms with Gasteiger partial charge in [-0.15, -0.1) is 0 Å². The summed E-state index contributed by atoms with van der Waals surface area (Å²) >= 11 is 0. The van der Waals surface area contributed by atoms with Gasteiger partial charge in [0.05, 0.1) is 29.6 Å². The Balaban J connectivity index is 0.00000529. The van der Waals surface area contributed by atoms with Gasteiger partial charge in [0, 0.05) is 19.4 Å². The molecule has 0 saturated carbocycles. The molecule has 0 unspecified atom stereocenters. The summed E-state index contributed by atoms with van der Waals surface area (Å²) in [6.07, 6.45) is 13.1. The first-order chi connectivity index (χ1) is 11.1. The molecule has 1 rings (SSSR count). The molecule has 0 fully saturated rings. The summed E-state index contributed by atoms with van der Waals surface area (Å²) in [7, 11) is -0.976. The topological polar surface area (TPSA) is 43.1 Å². The van der Waals surface area contributed by atoms with Crippen molar-refractivity contribution in [3.05, 3.63) is 39.9 Å². The molecule has 138 valence electrons. The predicted molar refractivity (Wildman–Crippen MR) is 103 cm³/mol. The third-order valence-electron chi connectivity index (χ3n) is 4.62. The van der Waals surface area contributed by atoms with E-state index in [1.165, 1.54) is 68.7 Å². The van der Waals surface area contributed by atoms with Crippen LogP contribution in [0.4, 0.5) is 5.69 Å². The third-order valence-corrected chi connectivity index (χ3v) is 9.45. The zero-order valence-corrected chi connectivity index (χ0v) is 17.1. The van der Waals surface area contributed by atoms with Crippen molar-refractivity contribution in [1.29, 1.82) is 0 Å². The number of nitro benzene ring substituents is 1. The van der Waals surface area contributed by atoms with Crippen LogP contribution in [0.5, 0.6) is 0 Å². The number of halogens is 1. The van der Waals surface area contributed by atoms with E-state index >= 15 is 0 Å². The molecule has 0 heterocycles. The molecule has 0 saturated heterocycles. The van der Waals surface area contributed by atoms with Crippen LogP contribution in [0.25, 0.3) is 0 Å². The number of hydrogen-bond donors (Lipinski definition) is 0. The molecule has 0 N–H and O–H groups in total. The highest BCUT2D eigenvalue weighted by Crippen LogP contribution is 2.63. The molecule has 0 atom stereocenters. The Morgan fingerprint density at radius 3 is 1.62 bits per heavy atom. The molecule has 0 bridgehead atoms. The highest BCUT2D eigenvalue weighted by atomic mass is 35.5. The average molecular weight is 374 g/mol. The molecule has 0 amide bonds. The molecule has 0 spiro atoms. The van der Waals surface area contributed by atoms with Crippen LogP contribution in [-0.2, 0) is 6.16 Å². The van der Waals surface area contributed by atoms with E-state index in [0.29, 0.717) is 0 Å². The second-order valence-corrected chi connectivity index (χ2v) is 11.0. The van der Waals surface area contributed by atoms with Gasteiger partial charge in [0.15, 0.2) is 0 Å². The fourth-order valence-corrected chi connectivity index (χ4v) is 8.26. The van der Waals surface area contributed by atoms with E-state index in [2.05, 4.69) is 20.8 Å². The van der Waals surface area contributed by atoms with Crippen molar-refractivity contribution < 1.29 is 17.3 Å². The standard InChI is InChI=1S/C19H33NO2P.ClH/c1-4-7-14-23(15-8-5-2,16-9-6-3)17-18-10-12-19(13-11-18)20(21)22;/h10-13H,4-9,14-17H2,1-3H3;1H/q+1;/p-1. The third kappa shape index (κ3) is 7.94. The Bertz CT molecular complexity index is 443. The minimum Gasteiger partial charge on any atom is -1.00 e. The van der Waals surface area contributed by atoms with E-state index in [1.807, 2.05) is 12.1 Å². The summed E-state index contributed by atoms with van der Waals surface area (Å²) < 4.78 is 0. The van der Waals surface area contributed by atoms with Crippen LogP contribution < -0.4 is 12.4 Å². The van der Waals surface area contributed by atoms with E-state index in [1.54, 1.807) is 12.1 Å². The zero-order chi connectivity index (χ0) is 17.1. The number of hydrogen-bond acceptors (Lipinski definition) is 2. The molecular formula is C19H33ClNO2P. The van der Waals surface area contributed by atoms with Gasteiger partial charge in [0.25, 0.3) is 5.69 Å². The van der Waals surface area contributed by atoms with Crippen molar-refractivity contribution in [2.24, 2.45) is 0 Å². The predicted octanol–water partition coefficient (Wildman–Crippen LogP) is 3.52. The van der Waals surface area contributed by atoms with Crippen molar-refractivity contribution in [1.82, 2.24) is 0 Å². The van der Waals surface area contributed by atoms with Gasteiger partial charge in [-0.2, -0.15) is 0 Å². The lowest BCUT2D eigenvalue weighted by molar-refractivity contribution is -0.384. The number of nitro groups is 1. The van der Waals surface area contributed by atoms with E-state index < -0.39 is 7.26 Å². The fraction of sp³-hybridized carbons (Fsp3) is 0.684. The molecule has 0 radical (unpaired) electrons. The monoisotopic (exact) mass is 373 g/mol. The minimum atomic E-state index is -0.976. The first-order valence-electron chi connectivity index (χ1n) is 9.15. The highest BCUT2D eigenvalue weighted by Gasteiger charge is 2.35. The highest BCUT2D eigenvalue weighted by molar-refractivity contribution is 7.75. The first kappa shape index (κ1) is 23.3. The molecule has 24 heavy (non-hydrogen) atoms. The largest absolute Gasteiger partial charge is 1.00 e. The summed E-state index contributed by atoms with van der Waals surface area (Å²) in [6.45, 7) is 6.83. The summed E-state index contributed by atoms with van der Waals surface area (Å²) in [5, 5.41) is 10.8. The Morgan fingerprint density at radius 1 is 0.875 bits per heavy atom. The van der Waals surface area contributed by atoms with Gasteiger partial charge >= 0.3 is 0 Å². The van der Waals surface area contributed by atoms with Crippen LogP contribution >= 0.6 is 7.26 Å². The fourth-order valence-electron chi connectivity index (χ4n) is 3.16. The number of rotatable bonds is 12. The average Bonchev–Trinajstić information content (AvgIpc) is 2.56. The smallest absolute Gasteiger partial charge is 0.269 e. The van der Waals surface area contributed by atoms with E-state index in [4.69, 9.17) is 0 Å². The van der Waals surface area contributed by atoms with Gasteiger partial charge < -0.3 is 12.4 Å². The molecule has 1 aromatic rings. The summed E-state index contributed by atoms with van der Waals surface area (Å²) in [5.41, 5.74) is 1.50. The van der Waals surface area contributed by atoms with Gasteiger partial charge in [-0.25, -0.2) is 0 Å². The second kappa shape index (κ2) is 12.7. The maximum Gasteiger partial charge on any atom is 0.269 e. The molecule has 5 heteroatoms. The molecule has 0 aliphatic heterocycles. The van der Waals surface area contributed by atoms with Crippen molar-refractivity contribution in [2.75, 3.05) is 18.5 Å². The maximum absolute atomic E-state index is 10.8. The molecular weight excluding hydrogens is 341 g/mol. The van der Waals surface area contributed by atoms with E-state index in [0.717, 1.165) is 0 Å². The Hall–Kier alpha value is -0.660. The van der Waals surface area contributed by atoms with Crippen molar-refractivity contribution in [3.63, 3.8) is 0 Å². The van der Waals surface area contributed by atoms with Gasteiger partial charge in [-0.1, -0.05) is 40.0 Å². The Morgan fingerprint density at radius 2 is 1.29 bits per heavy atom. The van der Waals surface area contributed by atoms with Crippen LogP contribution in [0.2, 0.25) is 0 Å². The summed E-state index contributed by atoms with van der Waals surface area (Å²) in [5.74, 6) is 0. The molecule has 1 aromatic carbocycles. The Labute approximate surface area is 154 Å². The molecule has 3 nitrogen and oxygen atoms in total. The normalized spacial score (nSPS) is 11.1. The number of unbranched alkanes of at least 4 members (excludes halogenated alkanes) is 3. The lowest BCUT2D eigenvalue weighted by atomic mass is 10.2. The van der Waals surface area contributed by atoms with Gasteiger partial charge in [0.1, 0.15) is 0 Å². The molecule has 0 aromatic heterocycles. The molecule has 0 aliphatic carbocycles. The lowest BCUT2D eigenvalue weighted by Crippen LogP contribution is -3.00. The van der Waals surface area contributed by atoms with Crippen molar-refractivity contribution in [3.8, 4) is 0 Å². The number of non-ortho nitro benzene ring substituents is 1. The van der Waals surface area contributed by atoms with E-state index in [9.17, 15) is 10.1 Å². The zero-order valence-electron chi connectivity index (χ0n) is 15.5. The lowest BCUT2D eigenvalue weighted by Gasteiger charge is -2.28. The van der Waals surface area contributed by atoms with E-state index in [-0.39, 0.29) is 23.0 Å². The minimum absolute atomic E-state index is 0. The van der Waals surface area contributed by atoms with Crippen LogP contribution in [0, 0.1) is 10.1 Å². The quantitative estimate of drug-likeness (QED) is 0.319. The van der Waals surface area contributed by atoms with Crippen molar-refractivity contribution in [2.45, 2.75) is 65.5 Å². The van der Waals surface area contributed by atoms with Gasteiger partial charge in [-0.05, 0) is 37.0 Å². The number of nitrogens with zero attached hydrogens (tertiary/aromatic N) is 1. The second-order valence-electron chi connectivity index (χ2n) is 6.65. The maximum atomic E-state index is 10.8. The summed E-state index contributed by atoms with van der Waals surface area (Å²) in [6, 6.07) is 7.31. The van der Waals surface area contributed by atoms with Crippen LogP contribution in [0.3, 0.4) is 0 Å². The van der Waals surface area contributed by atoms with Gasteiger partial charge in [0.2, 0.25) is 0 Å². The number of benzene rings is 1. The molecule has 0 aliphatic rings. The van der Waals surface area contributed by atoms with Crippen LogP contribution in [0.1, 0.15) is 64.9 Å². The van der Waals surface area contributed by atoms with Crippen LogP contribution in [0.15, 0.2) is 24.3 Å². The van der Waals surface area contributed by atoms with Gasteiger partial charge in [-0.3, -0.25) is 10.1 Å². The van der Waals surface area contributed by atoms with Crippen LogP contribution in [-0.4, -0.2) is 23.4 Å². The summed E-state index contributed by atoms with van der Waals surface area (Å²) in [4.78, 5) is 10.5. The van der Waals surface area contributed by atoms with Crippen molar-refractivity contribution >= 4 is 12.9 Å². The first-order valence-corrected chi connectivity index (χ1v) is 11.7.